The predicted octanol–water partition coefficient (Wildman–Crippen LogP) is 2.62. The van der Waals surface area contributed by atoms with Crippen LogP contribution in [0.4, 0.5) is 0 Å². The summed E-state index contributed by atoms with van der Waals surface area (Å²) in [6.07, 6.45) is 5.87. The van der Waals surface area contributed by atoms with Crippen LogP contribution in [0.1, 0.15) is 46.5 Å². The van der Waals surface area contributed by atoms with Crippen LogP contribution in [-0.4, -0.2) is 74.5 Å². The maximum Gasteiger partial charge on any atom is 0.0601 e. The highest BCUT2D eigenvalue weighted by Gasteiger charge is 2.24. The zero-order valence-corrected chi connectivity index (χ0v) is 14.9. The number of ether oxygens (including phenoxy) is 2. The van der Waals surface area contributed by atoms with Crippen molar-refractivity contribution in [2.24, 2.45) is 5.92 Å². The molecule has 2 aliphatic rings. The zero-order chi connectivity index (χ0) is 15.8. The first-order chi connectivity index (χ1) is 10.7. The molecule has 4 nitrogen and oxygen atoms in total. The lowest BCUT2D eigenvalue weighted by Gasteiger charge is -2.40. The fourth-order valence-corrected chi connectivity index (χ4v) is 3.80. The highest BCUT2D eigenvalue weighted by atomic mass is 16.5. The SMILES string of the molecule is CCOCCN1CCN(CCO[C@@H]2CCCC[C@H]2C)C[C@@H]1C. The summed E-state index contributed by atoms with van der Waals surface area (Å²) in [5.74, 6) is 0.753. The lowest BCUT2D eigenvalue weighted by atomic mass is 9.88. The molecule has 0 bridgehead atoms. The minimum atomic E-state index is 0.513. The third kappa shape index (κ3) is 5.80. The summed E-state index contributed by atoms with van der Waals surface area (Å²) in [5, 5.41) is 0. The van der Waals surface area contributed by atoms with Gasteiger partial charge in [-0.15, -0.1) is 0 Å². The van der Waals surface area contributed by atoms with Gasteiger partial charge in [-0.2, -0.15) is 0 Å². The largest absolute Gasteiger partial charge is 0.380 e. The van der Waals surface area contributed by atoms with Gasteiger partial charge in [0.2, 0.25) is 0 Å². The first kappa shape index (κ1) is 18.2. The Balaban J connectivity index is 1.59. The van der Waals surface area contributed by atoms with Crippen LogP contribution in [0.5, 0.6) is 0 Å². The van der Waals surface area contributed by atoms with Crippen LogP contribution >= 0.6 is 0 Å². The molecule has 130 valence electrons. The van der Waals surface area contributed by atoms with Crippen molar-refractivity contribution in [2.75, 3.05) is 52.5 Å². The summed E-state index contributed by atoms with van der Waals surface area (Å²) in [5.41, 5.74) is 0. The van der Waals surface area contributed by atoms with E-state index >= 15 is 0 Å². The van der Waals surface area contributed by atoms with E-state index in [1.165, 1.54) is 32.2 Å². The van der Waals surface area contributed by atoms with Gasteiger partial charge in [-0.05, 0) is 32.6 Å². The summed E-state index contributed by atoms with van der Waals surface area (Å²) in [4.78, 5) is 5.12. The lowest BCUT2D eigenvalue weighted by Crippen LogP contribution is -2.53. The van der Waals surface area contributed by atoms with Gasteiger partial charge in [0.25, 0.3) is 0 Å². The van der Waals surface area contributed by atoms with Gasteiger partial charge in [0.05, 0.1) is 19.3 Å². The van der Waals surface area contributed by atoms with Gasteiger partial charge in [-0.1, -0.05) is 19.8 Å². The molecule has 1 aliphatic carbocycles. The van der Waals surface area contributed by atoms with Crippen molar-refractivity contribution in [1.29, 1.82) is 0 Å². The molecule has 0 unspecified atom stereocenters. The monoisotopic (exact) mass is 312 g/mol. The van der Waals surface area contributed by atoms with Crippen LogP contribution in [0.15, 0.2) is 0 Å². The Bertz CT molecular complexity index is 301. The molecule has 0 aromatic heterocycles. The highest BCUT2D eigenvalue weighted by Crippen LogP contribution is 2.26. The molecular formula is C18H36N2O2. The van der Waals surface area contributed by atoms with Crippen molar-refractivity contribution in [2.45, 2.75) is 58.6 Å². The van der Waals surface area contributed by atoms with E-state index < -0.39 is 0 Å². The number of piperazine rings is 1. The average Bonchev–Trinajstić information content (AvgIpc) is 2.51. The molecule has 1 aliphatic heterocycles. The van der Waals surface area contributed by atoms with E-state index in [0.717, 1.165) is 51.9 Å². The fraction of sp³-hybridized carbons (Fsp3) is 1.00. The lowest BCUT2D eigenvalue weighted by molar-refractivity contribution is -0.0233. The molecule has 0 aromatic carbocycles. The fourth-order valence-electron chi connectivity index (χ4n) is 3.80. The molecule has 3 atom stereocenters. The molecule has 0 radical (unpaired) electrons. The van der Waals surface area contributed by atoms with Crippen LogP contribution in [-0.2, 0) is 9.47 Å². The van der Waals surface area contributed by atoms with Crippen LogP contribution in [0.25, 0.3) is 0 Å². The molecule has 1 saturated carbocycles. The van der Waals surface area contributed by atoms with E-state index in [1.54, 1.807) is 0 Å². The molecule has 4 heteroatoms. The van der Waals surface area contributed by atoms with Crippen molar-refractivity contribution in [3.8, 4) is 0 Å². The van der Waals surface area contributed by atoms with Gasteiger partial charge < -0.3 is 9.47 Å². The van der Waals surface area contributed by atoms with Gasteiger partial charge in [-0.25, -0.2) is 0 Å². The smallest absolute Gasteiger partial charge is 0.0601 e. The maximum atomic E-state index is 6.16. The average molecular weight is 312 g/mol. The molecule has 2 fully saturated rings. The van der Waals surface area contributed by atoms with E-state index in [2.05, 4.69) is 30.6 Å². The second-order valence-electron chi connectivity index (χ2n) is 7.05. The van der Waals surface area contributed by atoms with Crippen molar-refractivity contribution >= 4 is 0 Å². The minimum absolute atomic E-state index is 0.513. The number of hydrogen-bond donors (Lipinski definition) is 0. The van der Waals surface area contributed by atoms with Gasteiger partial charge in [-0.3, -0.25) is 9.80 Å². The minimum Gasteiger partial charge on any atom is -0.380 e. The topological polar surface area (TPSA) is 24.9 Å². The van der Waals surface area contributed by atoms with E-state index in [0.29, 0.717) is 12.1 Å². The molecule has 0 amide bonds. The normalized spacial score (nSPS) is 31.5. The van der Waals surface area contributed by atoms with Crippen molar-refractivity contribution in [3.63, 3.8) is 0 Å². The van der Waals surface area contributed by atoms with Gasteiger partial charge >= 0.3 is 0 Å². The summed E-state index contributed by atoms with van der Waals surface area (Å²) >= 11 is 0. The molecule has 2 rings (SSSR count). The van der Waals surface area contributed by atoms with Gasteiger partial charge in [0.15, 0.2) is 0 Å². The molecule has 1 saturated heterocycles. The molecule has 0 N–H and O–H groups in total. The van der Waals surface area contributed by atoms with Crippen LogP contribution in [0.3, 0.4) is 0 Å². The molecule has 1 heterocycles. The Morgan fingerprint density at radius 1 is 1.00 bits per heavy atom. The zero-order valence-electron chi connectivity index (χ0n) is 14.9. The van der Waals surface area contributed by atoms with E-state index in [1.807, 2.05) is 0 Å². The quantitative estimate of drug-likeness (QED) is 0.643. The summed E-state index contributed by atoms with van der Waals surface area (Å²) in [6, 6.07) is 0.628. The highest BCUT2D eigenvalue weighted by molar-refractivity contribution is 4.79. The Morgan fingerprint density at radius 3 is 2.55 bits per heavy atom. The molecule has 0 aromatic rings. The predicted molar refractivity (Wildman–Crippen MR) is 91.3 cm³/mol. The van der Waals surface area contributed by atoms with Crippen LogP contribution < -0.4 is 0 Å². The van der Waals surface area contributed by atoms with Gasteiger partial charge in [0, 0.05) is 45.4 Å². The van der Waals surface area contributed by atoms with E-state index in [4.69, 9.17) is 9.47 Å². The second kappa shape index (κ2) is 9.86. The van der Waals surface area contributed by atoms with Crippen LogP contribution in [0, 0.1) is 5.92 Å². The summed E-state index contributed by atoms with van der Waals surface area (Å²) in [6.45, 7) is 15.0. The molecule has 22 heavy (non-hydrogen) atoms. The Labute approximate surface area is 137 Å². The Morgan fingerprint density at radius 2 is 1.82 bits per heavy atom. The van der Waals surface area contributed by atoms with Crippen molar-refractivity contribution in [3.05, 3.63) is 0 Å². The number of nitrogens with zero attached hydrogens (tertiary/aromatic N) is 2. The third-order valence-corrected chi connectivity index (χ3v) is 5.35. The van der Waals surface area contributed by atoms with Crippen LogP contribution in [0.2, 0.25) is 0 Å². The molecule has 0 spiro atoms. The van der Waals surface area contributed by atoms with E-state index in [9.17, 15) is 0 Å². The third-order valence-electron chi connectivity index (χ3n) is 5.35. The summed E-state index contributed by atoms with van der Waals surface area (Å²) in [7, 11) is 0. The second-order valence-corrected chi connectivity index (χ2v) is 7.05. The first-order valence-corrected chi connectivity index (χ1v) is 9.36. The van der Waals surface area contributed by atoms with Crippen molar-refractivity contribution < 1.29 is 9.47 Å². The van der Waals surface area contributed by atoms with Crippen molar-refractivity contribution in [1.82, 2.24) is 9.80 Å². The molecular weight excluding hydrogens is 276 g/mol. The maximum absolute atomic E-state index is 6.16. The first-order valence-electron chi connectivity index (χ1n) is 9.36. The van der Waals surface area contributed by atoms with Gasteiger partial charge in [0.1, 0.15) is 0 Å². The summed E-state index contributed by atoms with van der Waals surface area (Å²) < 4.78 is 11.6. The standard InChI is InChI=1S/C18H36N2O2/c1-4-21-13-12-20-10-9-19(15-17(20)3)11-14-22-18-8-6-5-7-16(18)2/h16-18H,4-15H2,1-3H3/t16-,17+,18-/m1/s1. The number of rotatable bonds is 8. The number of hydrogen-bond acceptors (Lipinski definition) is 4. The van der Waals surface area contributed by atoms with E-state index in [-0.39, 0.29) is 0 Å². The Kier molecular flexibility index (Phi) is 8.15. The Hall–Kier alpha value is -0.160.